The number of anilines is 5. The molecule has 3 fully saturated rings. The molecule has 60 heavy (non-hydrogen) atoms. The van der Waals surface area contributed by atoms with Crippen LogP contribution in [0.5, 0.6) is 0 Å². The van der Waals surface area contributed by atoms with Gasteiger partial charge in [0.15, 0.2) is 5.82 Å². The van der Waals surface area contributed by atoms with Crippen LogP contribution in [0.15, 0.2) is 67.1 Å². The maximum Gasteiger partial charge on any atom is 0.234 e. The van der Waals surface area contributed by atoms with Crippen molar-refractivity contribution in [2.24, 2.45) is 5.92 Å². The first-order valence-corrected chi connectivity index (χ1v) is 22.8. The molecule has 8 rings (SSSR count). The van der Waals surface area contributed by atoms with E-state index in [1.807, 2.05) is 37.4 Å². The Hall–Kier alpha value is -5.59. The first-order valence-electron chi connectivity index (χ1n) is 20.4. The van der Waals surface area contributed by atoms with Crippen molar-refractivity contribution in [1.29, 1.82) is 0 Å². The van der Waals surface area contributed by atoms with Crippen molar-refractivity contribution in [3.05, 3.63) is 83.5 Å². The molecule has 0 unspecified atom stereocenters. The molecule has 4 aromatic heterocycles. The SMILES string of the molecule is CCCS(=O)(=O)Nc1cccc(-c2nc(C)sc2-c2ccnc(Nc3ccc(N4CCN(CC5CCN(c6ccc([C@@H]7CCC(=O)NC7=O)cn6)CC5)CC4)cn3)n2)c1F. The number of aromatic nitrogens is 5. The molecule has 0 saturated carbocycles. The lowest BCUT2D eigenvalue weighted by Gasteiger charge is -2.39. The number of nitrogens with one attached hydrogen (secondary N) is 3. The van der Waals surface area contributed by atoms with Gasteiger partial charge in [-0.3, -0.25) is 24.5 Å². The van der Waals surface area contributed by atoms with Gasteiger partial charge in [-0.1, -0.05) is 19.1 Å². The highest BCUT2D eigenvalue weighted by Gasteiger charge is 2.29. The lowest BCUT2D eigenvalue weighted by Crippen LogP contribution is -2.49. The van der Waals surface area contributed by atoms with Crippen LogP contribution in [0.4, 0.5) is 33.3 Å². The van der Waals surface area contributed by atoms with E-state index in [4.69, 9.17) is 4.98 Å². The summed E-state index contributed by atoms with van der Waals surface area (Å²) in [5.74, 6) is 0.891. The molecular formula is C42H48FN11O4S2. The van der Waals surface area contributed by atoms with Gasteiger partial charge in [0.05, 0.1) is 50.5 Å². The Morgan fingerprint density at radius 1 is 0.900 bits per heavy atom. The van der Waals surface area contributed by atoms with Crippen LogP contribution in [0.3, 0.4) is 0 Å². The normalized spacial score (nSPS) is 18.1. The summed E-state index contributed by atoms with van der Waals surface area (Å²) >= 11 is 1.36. The molecule has 3 aliphatic rings. The number of piperazine rings is 1. The Morgan fingerprint density at radius 3 is 2.43 bits per heavy atom. The van der Waals surface area contributed by atoms with E-state index in [9.17, 15) is 18.0 Å². The average molecular weight is 854 g/mol. The van der Waals surface area contributed by atoms with Gasteiger partial charge in [-0.05, 0) is 80.5 Å². The number of aryl methyl sites for hydroxylation is 1. The fourth-order valence-electron chi connectivity index (χ4n) is 8.07. The van der Waals surface area contributed by atoms with E-state index in [0.29, 0.717) is 58.2 Å². The van der Waals surface area contributed by atoms with E-state index in [1.54, 1.807) is 37.5 Å². The van der Waals surface area contributed by atoms with Crippen molar-refractivity contribution >= 4 is 62.1 Å². The van der Waals surface area contributed by atoms with E-state index >= 15 is 4.39 Å². The number of carbonyl (C=O) groups is 2. The highest BCUT2D eigenvalue weighted by Crippen LogP contribution is 2.39. The zero-order valence-corrected chi connectivity index (χ0v) is 35.2. The van der Waals surface area contributed by atoms with Gasteiger partial charge in [-0.25, -0.2) is 37.7 Å². The number of amides is 2. The third-order valence-corrected chi connectivity index (χ3v) is 13.7. The monoisotopic (exact) mass is 853 g/mol. The van der Waals surface area contributed by atoms with Gasteiger partial charge >= 0.3 is 0 Å². The Balaban J connectivity index is 0.824. The van der Waals surface area contributed by atoms with Crippen LogP contribution in [-0.2, 0) is 19.6 Å². The third kappa shape index (κ3) is 9.55. The third-order valence-electron chi connectivity index (χ3n) is 11.2. The number of imide groups is 1. The summed E-state index contributed by atoms with van der Waals surface area (Å²) in [6.45, 7) is 10.3. The number of sulfonamides is 1. The topological polar surface area (TPSA) is 179 Å². The number of halogens is 1. The maximum atomic E-state index is 15.8. The van der Waals surface area contributed by atoms with Crippen molar-refractivity contribution in [1.82, 2.24) is 35.1 Å². The lowest BCUT2D eigenvalue weighted by molar-refractivity contribution is -0.134. The molecular weight excluding hydrogens is 806 g/mol. The van der Waals surface area contributed by atoms with E-state index in [1.165, 1.54) is 17.4 Å². The van der Waals surface area contributed by atoms with Crippen molar-refractivity contribution < 1.29 is 22.4 Å². The summed E-state index contributed by atoms with van der Waals surface area (Å²) in [7, 11) is -3.69. The van der Waals surface area contributed by atoms with E-state index in [-0.39, 0.29) is 34.7 Å². The molecule has 314 valence electrons. The summed E-state index contributed by atoms with van der Waals surface area (Å²) in [5.41, 5.74) is 2.86. The van der Waals surface area contributed by atoms with Gasteiger partial charge in [-0.15, -0.1) is 11.3 Å². The van der Waals surface area contributed by atoms with Crippen LogP contribution in [0, 0.1) is 18.7 Å². The molecule has 1 atom stereocenters. The van der Waals surface area contributed by atoms with Gasteiger partial charge in [0.25, 0.3) is 0 Å². The largest absolute Gasteiger partial charge is 0.368 e. The molecule has 18 heteroatoms. The highest BCUT2D eigenvalue weighted by molar-refractivity contribution is 7.92. The Labute approximate surface area is 352 Å². The van der Waals surface area contributed by atoms with Crippen molar-refractivity contribution in [3.63, 3.8) is 0 Å². The smallest absolute Gasteiger partial charge is 0.234 e. The van der Waals surface area contributed by atoms with Gasteiger partial charge in [0.2, 0.25) is 27.8 Å². The number of benzene rings is 1. The molecule has 0 spiro atoms. The van der Waals surface area contributed by atoms with Crippen LogP contribution in [0.25, 0.3) is 21.8 Å². The zero-order chi connectivity index (χ0) is 41.8. The summed E-state index contributed by atoms with van der Waals surface area (Å²) in [4.78, 5) is 54.7. The molecule has 0 bridgehead atoms. The first-order chi connectivity index (χ1) is 29.0. The summed E-state index contributed by atoms with van der Waals surface area (Å²) < 4.78 is 42.9. The average Bonchev–Trinajstić information content (AvgIpc) is 3.64. The number of hydrogen-bond donors (Lipinski definition) is 3. The highest BCUT2D eigenvalue weighted by atomic mass is 32.2. The summed E-state index contributed by atoms with van der Waals surface area (Å²) in [6.07, 6.45) is 8.76. The minimum absolute atomic E-state index is 0.110. The Kier molecular flexibility index (Phi) is 12.3. The van der Waals surface area contributed by atoms with Crippen LogP contribution < -0.4 is 25.2 Å². The maximum absolute atomic E-state index is 15.8. The number of rotatable bonds is 13. The van der Waals surface area contributed by atoms with Crippen molar-refractivity contribution in [3.8, 4) is 21.8 Å². The van der Waals surface area contributed by atoms with Gasteiger partial charge in [0, 0.05) is 70.2 Å². The summed E-state index contributed by atoms with van der Waals surface area (Å²) in [5, 5.41) is 6.33. The lowest BCUT2D eigenvalue weighted by atomic mass is 9.91. The Morgan fingerprint density at radius 2 is 1.72 bits per heavy atom. The molecule has 3 aliphatic heterocycles. The molecule has 2 amide bonds. The minimum atomic E-state index is -3.69. The standard InChI is InChI=1S/C42H48FN11O4S2/c1-3-23-60(57,58)51-33-6-4-5-32(38(33)43)39-40(59-27(2)47-39)34-13-16-44-42(48-34)49-35-10-8-30(25-45-35)53-21-19-52(20-22-53)26-28-14-17-54(18-15-28)36-11-7-29(24-46-36)31-9-12-37(55)50-41(31)56/h4-8,10-11,13,16,24-25,28,31,51H,3,9,12,14-15,17-23,26H2,1-2H3,(H,50,55,56)(H,44,45,48,49)/t31-/m0/s1. The van der Waals surface area contributed by atoms with Crippen molar-refractivity contribution in [2.75, 3.05) is 71.4 Å². The first kappa shape index (κ1) is 41.2. The van der Waals surface area contributed by atoms with E-state index in [0.717, 1.165) is 75.7 Å². The quantitative estimate of drug-likeness (QED) is 0.118. The Bertz CT molecular complexity index is 2430. The van der Waals surface area contributed by atoms with E-state index in [2.05, 4.69) is 50.0 Å². The van der Waals surface area contributed by atoms with Crippen LogP contribution >= 0.6 is 11.3 Å². The fourth-order valence-corrected chi connectivity index (χ4v) is 10.1. The number of carbonyl (C=O) groups excluding carboxylic acids is 2. The number of pyridine rings is 2. The van der Waals surface area contributed by atoms with Gasteiger partial charge in [0.1, 0.15) is 11.6 Å². The number of thiazole rings is 1. The molecule has 7 heterocycles. The zero-order valence-electron chi connectivity index (χ0n) is 33.6. The van der Waals surface area contributed by atoms with E-state index < -0.39 is 15.8 Å². The van der Waals surface area contributed by atoms with Crippen molar-refractivity contribution in [2.45, 2.75) is 51.9 Å². The molecule has 5 aromatic rings. The summed E-state index contributed by atoms with van der Waals surface area (Å²) in [6, 6.07) is 14.2. The second-order valence-corrected chi connectivity index (χ2v) is 18.5. The molecule has 3 N–H and O–H groups in total. The second-order valence-electron chi connectivity index (χ2n) is 15.5. The molecule has 15 nitrogen and oxygen atoms in total. The number of hydrogen-bond acceptors (Lipinski definition) is 14. The second kappa shape index (κ2) is 17.9. The van der Waals surface area contributed by atoms with Gasteiger partial charge < -0.3 is 15.1 Å². The van der Waals surface area contributed by atoms with Gasteiger partial charge in [-0.2, -0.15) is 0 Å². The fraction of sp³-hybridized carbons (Fsp3) is 0.405. The minimum Gasteiger partial charge on any atom is -0.368 e. The number of piperidine rings is 2. The molecule has 3 saturated heterocycles. The molecule has 1 aromatic carbocycles. The van der Waals surface area contributed by atoms with Crippen LogP contribution in [0.2, 0.25) is 0 Å². The van der Waals surface area contributed by atoms with Crippen LogP contribution in [-0.4, -0.2) is 102 Å². The molecule has 0 radical (unpaired) electrons. The van der Waals surface area contributed by atoms with Crippen LogP contribution in [0.1, 0.15) is 55.5 Å². The predicted octanol–water partition coefficient (Wildman–Crippen LogP) is 5.96. The molecule has 0 aliphatic carbocycles. The number of nitrogens with zero attached hydrogens (tertiary/aromatic N) is 8. The predicted molar refractivity (Wildman–Crippen MR) is 231 cm³/mol.